The van der Waals surface area contributed by atoms with Crippen molar-refractivity contribution < 1.29 is 17.9 Å². The molecule has 2 N–H and O–H groups in total. The number of imidazole rings is 1. The molecule has 1 atom stereocenters. The van der Waals surface area contributed by atoms with Gasteiger partial charge in [0.25, 0.3) is 0 Å². The topological polar surface area (TPSA) is 96.8 Å². The monoisotopic (exact) mass is 472 g/mol. The molecule has 0 radical (unpaired) electrons. The third-order valence-corrected chi connectivity index (χ3v) is 5.82. The van der Waals surface area contributed by atoms with E-state index in [9.17, 15) is 13.2 Å². The molecule has 1 aliphatic heterocycles. The number of hydrogen-bond acceptors (Lipinski definition) is 7. The van der Waals surface area contributed by atoms with Gasteiger partial charge in [0.15, 0.2) is 5.69 Å². The highest BCUT2D eigenvalue weighted by Gasteiger charge is 2.39. The molecule has 1 saturated heterocycles. The zero-order valence-electron chi connectivity index (χ0n) is 18.8. The van der Waals surface area contributed by atoms with E-state index >= 15 is 0 Å². The summed E-state index contributed by atoms with van der Waals surface area (Å²) >= 11 is 0. The van der Waals surface area contributed by atoms with E-state index in [0.29, 0.717) is 37.0 Å². The van der Waals surface area contributed by atoms with Gasteiger partial charge >= 0.3 is 6.18 Å². The highest BCUT2D eigenvalue weighted by atomic mass is 19.4. The Balaban J connectivity index is 1.78. The highest BCUT2D eigenvalue weighted by molar-refractivity contribution is 5.81. The lowest BCUT2D eigenvalue weighted by atomic mass is 10.1. The van der Waals surface area contributed by atoms with E-state index in [-0.39, 0.29) is 28.9 Å². The van der Waals surface area contributed by atoms with Gasteiger partial charge in [0.2, 0.25) is 11.9 Å². The first-order valence-corrected chi connectivity index (χ1v) is 10.8. The van der Waals surface area contributed by atoms with Crippen LogP contribution in [0.1, 0.15) is 18.3 Å². The van der Waals surface area contributed by atoms with Crippen molar-refractivity contribution in [3.8, 4) is 17.2 Å². The van der Waals surface area contributed by atoms with Gasteiger partial charge in [0.1, 0.15) is 5.82 Å². The maximum absolute atomic E-state index is 13.8. The summed E-state index contributed by atoms with van der Waals surface area (Å²) in [6.07, 6.45) is -4.64. The third kappa shape index (κ3) is 3.73. The average molecular weight is 472 g/mol. The number of hydrogen-bond donors (Lipinski definition) is 2. The van der Waals surface area contributed by atoms with Crippen LogP contribution in [0, 0.1) is 6.92 Å². The molecular formula is C22H23F3N8O. The van der Waals surface area contributed by atoms with E-state index in [0.717, 1.165) is 5.52 Å². The molecule has 5 rings (SSSR count). The molecule has 0 aliphatic carbocycles. The van der Waals surface area contributed by atoms with Crippen LogP contribution < -0.4 is 10.2 Å². The lowest BCUT2D eigenvalue weighted by Gasteiger charge is -2.34. The van der Waals surface area contributed by atoms with Crippen molar-refractivity contribution in [1.82, 2.24) is 29.7 Å². The minimum absolute atomic E-state index is 0.0137. The second kappa shape index (κ2) is 8.28. The van der Waals surface area contributed by atoms with Crippen LogP contribution in [-0.2, 0) is 10.9 Å². The molecule has 12 heteroatoms. The molecular weight excluding hydrogens is 449 g/mol. The van der Waals surface area contributed by atoms with Gasteiger partial charge in [-0.25, -0.2) is 14.5 Å². The van der Waals surface area contributed by atoms with Crippen molar-refractivity contribution in [2.75, 3.05) is 37.0 Å². The zero-order chi connectivity index (χ0) is 24.0. The molecule has 1 aromatic carbocycles. The van der Waals surface area contributed by atoms with Crippen LogP contribution in [0.2, 0.25) is 0 Å². The summed E-state index contributed by atoms with van der Waals surface area (Å²) in [4.78, 5) is 15.9. The quantitative estimate of drug-likeness (QED) is 0.466. The molecule has 9 nitrogen and oxygen atoms in total. The minimum atomic E-state index is -4.64. The number of morpholine rings is 1. The first-order valence-electron chi connectivity index (χ1n) is 10.8. The predicted molar refractivity (Wildman–Crippen MR) is 121 cm³/mol. The summed E-state index contributed by atoms with van der Waals surface area (Å²) in [7, 11) is 1.72. The number of H-pyrrole nitrogens is 1. The van der Waals surface area contributed by atoms with Crippen LogP contribution in [0.25, 0.3) is 28.2 Å². The van der Waals surface area contributed by atoms with E-state index in [2.05, 4.69) is 25.5 Å². The number of alkyl halides is 3. The van der Waals surface area contributed by atoms with Crippen molar-refractivity contribution in [2.24, 2.45) is 0 Å². The summed E-state index contributed by atoms with van der Waals surface area (Å²) < 4.78 is 48.6. The van der Waals surface area contributed by atoms with Gasteiger partial charge in [-0.2, -0.15) is 23.3 Å². The van der Waals surface area contributed by atoms with Gasteiger partial charge in [-0.15, -0.1) is 0 Å². The van der Waals surface area contributed by atoms with Gasteiger partial charge in [-0.05, 0) is 26.0 Å². The Morgan fingerprint density at radius 1 is 1.18 bits per heavy atom. The fraction of sp³-hybridized carbons (Fsp3) is 0.364. The van der Waals surface area contributed by atoms with Crippen LogP contribution in [0.15, 0.2) is 30.3 Å². The number of halogens is 3. The molecule has 4 heterocycles. The van der Waals surface area contributed by atoms with E-state index in [4.69, 9.17) is 9.72 Å². The molecule has 0 spiro atoms. The summed E-state index contributed by atoms with van der Waals surface area (Å²) in [6, 6.07) is 9.00. The Labute approximate surface area is 193 Å². The molecule has 178 valence electrons. The molecule has 1 fully saturated rings. The average Bonchev–Trinajstić information content (AvgIpc) is 3.39. The lowest BCUT2D eigenvalue weighted by molar-refractivity contribution is -0.140. The van der Waals surface area contributed by atoms with E-state index < -0.39 is 11.9 Å². The van der Waals surface area contributed by atoms with Crippen LogP contribution in [0.3, 0.4) is 0 Å². The summed E-state index contributed by atoms with van der Waals surface area (Å²) in [6.45, 7) is 5.06. The highest BCUT2D eigenvalue weighted by Crippen LogP contribution is 2.38. The van der Waals surface area contributed by atoms with Gasteiger partial charge in [-0.1, -0.05) is 12.1 Å². The second-order valence-electron chi connectivity index (χ2n) is 8.11. The van der Waals surface area contributed by atoms with Crippen LogP contribution >= 0.6 is 0 Å². The predicted octanol–water partition coefficient (Wildman–Crippen LogP) is 3.80. The first-order chi connectivity index (χ1) is 16.3. The van der Waals surface area contributed by atoms with Crippen LogP contribution in [0.5, 0.6) is 0 Å². The molecule has 4 aromatic rings. The number of rotatable bonds is 4. The number of ether oxygens (including phenoxy) is 1. The summed E-state index contributed by atoms with van der Waals surface area (Å²) in [5, 5.41) is 9.01. The van der Waals surface area contributed by atoms with E-state index in [1.807, 2.05) is 36.1 Å². The maximum Gasteiger partial charge on any atom is 0.435 e. The summed E-state index contributed by atoms with van der Waals surface area (Å²) in [5.74, 6) is 1.18. The first kappa shape index (κ1) is 22.1. The van der Waals surface area contributed by atoms with E-state index in [1.165, 1.54) is 0 Å². The molecule has 0 unspecified atom stereocenters. The number of nitrogens with zero attached hydrogens (tertiary/aromatic N) is 6. The molecule has 34 heavy (non-hydrogen) atoms. The largest absolute Gasteiger partial charge is 0.435 e. The number of para-hydroxylation sites is 2. The van der Waals surface area contributed by atoms with Gasteiger partial charge in [0, 0.05) is 25.4 Å². The number of benzene rings is 1. The van der Waals surface area contributed by atoms with Crippen LogP contribution in [-0.4, -0.2) is 62.6 Å². The number of aromatic amines is 1. The number of fused-ring (bicyclic) bond motifs is 1. The fourth-order valence-electron chi connectivity index (χ4n) is 4.21. The zero-order valence-corrected chi connectivity index (χ0v) is 18.8. The van der Waals surface area contributed by atoms with Gasteiger partial charge in [0.05, 0.1) is 41.5 Å². The minimum Gasteiger partial charge on any atom is -0.377 e. The second-order valence-corrected chi connectivity index (χ2v) is 8.11. The molecule has 3 aromatic heterocycles. The number of nitrogens with one attached hydrogen (secondary N) is 2. The van der Waals surface area contributed by atoms with Crippen molar-refractivity contribution >= 4 is 22.8 Å². The van der Waals surface area contributed by atoms with Gasteiger partial charge in [-0.3, -0.25) is 5.10 Å². The molecule has 0 amide bonds. The Bertz CT molecular complexity index is 1350. The third-order valence-electron chi connectivity index (χ3n) is 5.82. The van der Waals surface area contributed by atoms with Crippen molar-refractivity contribution in [3.63, 3.8) is 0 Å². The maximum atomic E-state index is 13.8. The Hall–Kier alpha value is -3.67. The SMILES string of the molecule is CNc1nc2ccccc2n1-c1nc(-c2c(C(F)(F)F)n[nH]c2C)cc(N2CCOC[C@H]2C)n1. The molecule has 0 saturated carbocycles. The Kier molecular flexibility index (Phi) is 5.39. The number of aryl methyl sites for hydroxylation is 1. The smallest absolute Gasteiger partial charge is 0.377 e. The molecule has 0 bridgehead atoms. The molecule has 1 aliphatic rings. The fourth-order valence-corrected chi connectivity index (χ4v) is 4.21. The van der Waals surface area contributed by atoms with Gasteiger partial charge < -0.3 is 15.0 Å². The van der Waals surface area contributed by atoms with Crippen molar-refractivity contribution in [2.45, 2.75) is 26.1 Å². The van der Waals surface area contributed by atoms with Crippen LogP contribution in [0.4, 0.5) is 24.9 Å². The standard InChI is InChI=1S/C22H23F3N8O/c1-12-11-34-9-8-32(12)17-10-15(18-13(2)30-31-19(18)22(23,24)25)28-21(29-17)33-16-7-5-4-6-14(16)27-20(33)26-3/h4-7,10,12H,8-9,11H2,1-3H3,(H,26,27)(H,30,31)/t12-/m1/s1. The number of anilines is 2. The Morgan fingerprint density at radius 2 is 1.97 bits per heavy atom. The Morgan fingerprint density at radius 3 is 2.71 bits per heavy atom. The van der Waals surface area contributed by atoms with Crippen molar-refractivity contribution in [1.29, 1.82) is 0 Å². The van der Waals surface area contributed by atoms with Crippen molar-refractivity contribution in [3.05, 3.63) is 41.7 Å². The summed E-state index contributed by atoms with van der Waals surface area (Å²) in [5.41, 5.74) is 0.704. The van der Waals surface area contributed by atoms with E-state index in [1.54, 1.807) is 24.6 Å². The normalized spacial score (nSPS) is 16.9. The lowest BCUT2D eigenvalue weighted by Crippen LogP contribution is -2.44. The number of aromatic nitrogens is 6.